The minimum Gasteiger partial charge on any atom is -0.496 e. The lowest BCUT2D eigenvalue weighted by Gasteiger charge is -2.21. The van der Waals surface area contributed by atoms with Crippen LogP contribution in [0.1, 0.15) is 29.5 Å². The molecule has 1 N–H and O–H groups in total. The Hall–Kier alpha value is -2.87. The van der Waals surface area contributed by atoms with Gasteiger partial charge in [0.05, 0.1) is 7.11 Å². The van der Waals surface area contributed by atoms with Gasteiger partial charge in [0.25, 0.3) is 0 Å². The molecule has 3 aromatic rings. The van der Waals surface area contributed by atoms with E-state index in [1.54, 1.807) is 23.3 Å². The normalized spacial score (nSPS) is 12.0. The summed E-state index contributed by atoms with van der Waals surface area (Å²) in [5, 5.41) is 4.84. The van der Waals surface area contributed by atoms with Crippen molar-refractivity contribution in [2.24, 2.45) is 7.05 Å². The number of aromatic nitrogens is 3. The summed E-state index contributed by atoms with van der Waals surface area (Å²) in [5.74, 6) is 1.22. The molecule has 1 amide bonds. The first-order valence-corrected chi connectivity index (χ1v) is 9.43. The Morgan fingerprint density at radius 2 is 2.15 bits per heavy atom. The van der Waals surface area contributed by atoms with Gasteiger partial charge in [-0.15, -0.1) is 0 Å². The van der Waals surface area contributed by atoms with E-state index in [2.05, 4.69) is 10.3 Å². The fourth-order valence-corrected chi connectivity index (χ4v) is 3.72. The summed E-state index contributed by atoms with van der Waals surface area (Å²) in [7, 11) is 3.48. The van der Waals surface area contributed by atoms with Gasteiger partial charge in [0.1, 0.15) is 17.6 Å². The first-order chi connectivity index (χ1) is 13.0. The quantitative estimate of drug-likeness (QED) is 0.676. The van der Waals surface area contributed by atoms with Crippen LogP contribution in [-0.2, 0) is 18.4 Å². The molecule has 0 radical (unpaired) electrons. The second kappa shape index (κ2) is 8.22. The third kappa shape index (κ3) is 4.11. The van der Waals surface area contributed by atoms with Crippen molar-refractivity contribution in [1.82, 2.24) is 19.4 Å². The number of aryl methyl sites for hydroxylation is 2. The van der Waals surface area contributed by atoms with Crippen LogP contribution in [0.25, 0.3) is 0 Å². The van der Waals surface area contributed by atoms with E-state index in [4.69, 9.17) is 4.74 Å². The lowest BCUT2D eigenvalue weighted by atomic mass is 10.0. The Morgan fingerprint density at radius 1 is 1.37 bits per heavy atom. The number of benzene rings is 1. The second-order valence-corrected chi connectivity index (χ2v) is 7.00. The monoisotopic (exact) mass is 386 g/mol. The predicted octanol–water partition coefficient (Wildman–Crippen LogP) is 2.26. The Bertz CT molecular complexity index is 989. The highest BCUT2D eigenvalue weighted by Crippen LogP contribution is 2.29. The van der Waals surface area contributed by atoms with Gasteiger partial charge in [-0.25, -0.2) is 4.98 Å². The van der Waals surface area contributed by atoms with Crippen LogP contribution in [-0.4, -0.2) is 27.1 Å². The maximum Gasteiger partial charge on any atom is 0.307 e. The molecular weight excluding hydrogens is 364 g/mol. The minimum absolute atomic E-state index is 0.0503. The third-order valence-electron chi connectivity index (χ3n) is 4.41. The van der Waals surface area contributed by atoms with E-state index in [1.807, 2.05) is 49.0 Å². The van der Waals surface area contributed by atoms with Crippen LogP contribution in [0.2, 0.25) is 0 Å². The maximum atomic E-state index is 12.6. The molecule has 0 aliphatic carbocycles. The number of thiazole rings is 1. The van der Waals surface area contributed by atoms with Crippen LogP contribution in [0.3, 0.4) is 0 Å². The van der Waals surface area contributed by atoms with Crippen LogP contribution in [0.15, 0.2) is 46.8 Å². The van der Waals surface area contributed by atoms with E-state index in [1.165, 1.54) is 0 Å². The number of carbonyl (C=O) groups excluding carboxylic acids is 1. The molecule has 1 unspecified atom stereocenters. The van der Waals surface area contributed by atoms with E-state index in [0.29, 0.717) is 18.1 Å². The lowest BCUT2D eigenvalue weighted by molar-refractivity contribution is -0.121. The second-order valence-electron chi connectivity index (χ2n) is 6.18. The van der Waals surface area contributed by atoms with Crippen molar-refractivity contribution in [3.63, 3.8) is 0 Å². The van der Waals surface area contributed by atoms with Gasteiger partial charge >= 0.3 is 4.87 Å². The molecule has 3 rings (SSSR count). The Kier molecular flexibility index (Phi) is 5.75. The summed E-state index contributed by atoms with van der Waals surface area (Å²) < 4.78 is 8.94. The maximum absolute atomic E-state index is 12.6. The van der Waals surface area contributed by atoms with Gasteiger partial charge in [-0.1, -0.05) is 29.5 Å². The molecule has 1 atom stereocenters. The first-order valence-electron chi connectivity index (χ1n) is 8.55. The fourth-order valence-electron chi connectivity index (χ4n) is 2.96. The number of carbonyl (C=O) groups is 1. The highest BCUT2D eigenvalue weighted by Gasteiger charge is 2.23. The zero-order valence-electron chi connectivity index (χ0n) is 15.5. The van der Waals surface area contributed by atoms with E-state index in [0.717, 1.165) is 22.6 Å². The molecule has 27 heavy (non-hydrogen) atoms. The SMILES string of the molecule is COc1ccccc1C(NC(=O)CCn1c(C)csc1=O)c1nccn1C. The largest absolute Gasteiger partial charge is 0.496 e. The fraction of sp³-hybridized carbons (Fsp3) is 0.316. The number of amides is 1. The van der Waals surface area contributed by atoms with Crippen molar-refractivity contribution in [2.75, 3.05) is 7.11 Å². The molecule has 8 heteroatoms. The van der Waals surface area contributed by atoms with Gasteiger partial charge in [0.15, 0.2) is 0 Å². The Balaban J connectivity index is 1.83. The standard InChI is InChI=1S/C19H22N4O3S/c1-13-12-27-19(25)23(13)10-8-16(24)21-17(18-20-9-11-22(18)2)14-6-4-5-7-15(14)26-3/h4-7,9,11-12,17H,8,10H2,1-3H3,(H,21,24). The average molecular weight is 386 g/mol. The van der Waals surface area contributed by atoms with Crippen molar-refractivity contribution < 1.29 is 9.53 Å². The van der Waals surface area contributed by atoms with E-state index < -0.39 is 6.04 Å². The molecule has 0 aliphatic heterocycles. The number of ether oxygens (including phenoxy) is 1. The van der Waals surface area contributed by atoms with Crippen LogP contribution < -0.4 is 14.9 Å². The molecule has 0 bridgehead atoms. The molecule has 0 fully saturated rings. The van der Waals surface area contributed by atoms with Crippen molar-refractivity contribution >= 4 is 17.2 Å². The van der Waals surface area contributed by atoms with Gasteiger partial charge in [-0.2, -0.15) is 0 Å². The zero-order chi connectivity index (χ0) is 19.4. The molecule has 1 aromatic carbocycles. The van der Waals surface area contributed by atoms with E-state index in [-0.39, 0.29) is 17.2 Å². The summed E-state index contributed by atoms with van der Waals surface area (Å²) in [6, 6.07) is 7.09. The van der Waals surface area contributed by atoms with Crippen LogP contribution >= 0.6 is 11.3 Å². The van der Waals surface area contributed by atoms with Crippen LogP contribution in [0.4, 0.5) is 0 Å². The average Bonchev–Trinajstić information content (AvgIpc) is 3.23. The molecule has 0 saturated carbocycles. The molecule has 7 nitrogen and oxygen atoms in total. The molecular formula is C19H22N4O3S. The number of hydrogen-bond donors (Lipinski definition) is 1. The zero-order valence-corrected chi connectivity index (χ0v) is 16.3. The Morgan fingerprint density at radius 3 is 2.78 bits per heavy atom. The lowest BCUT2D eigenvalue weighted by Crippen LogP contribution is -2.32. The molecule has 0 spiro atoms. The molecule has 2 heterocycles. The van der Waals surface area contributed by atoms with E-state index in [9.17, 15) is 9.59 Å². The van der Waals surface area contributed by atoms with Crippen molar-refractivity contribution in [3.05, 3.63) is 68.8 Å². The van der Waals surface area contributed by atoms with Gasteiger partial charge in [-0.3, -0.25) is 9.59 Å². The summed E-state index contributed by atoms with van der Waals surface area (Å²) >= 11 is 1.14. The van der Waals surface area contributed by atoms with Gasteiger partial charge in [0, 0.05) is 49.0 Å². The summed E-state index contributed by atoms with van der Waals surface area (Å²) in [6.07, 6.45) is 3.73. The number of nitrogens with zero attached hydrogens (tertiary/aromatic N) is 3. The number of nitrogens with one attached hydrogen (secondary N) is 1. The third-order valence-corrected chi connectivity index (χ3v) is 5.29. The number of methoxy groups -OCH3 is 1. The van der Waals surface area contributed by atoms with Gasteiger partial charge < -0.3 is 19.2 Å². The minimum atomic E-state index is -0.450. The van der Waals surface area contributed by atoms with Crippen molar-refractivity contribution in [1.29, 1.82) is 0 Å². The Labute approximate surface area is 161 Å². The van der Waals surface area contributed by atoms with Crippen molar-refractivity contribution in [3.8, 4) is 5.75 Å². The summed E-state index contributed by atoms with van der Waals surface area (Å²) in [4.78, 5) is 28.8. The molecule has 0 aliphatic rings. The van der Waals surface area contributed by atoms with E-state index >= 15 is 0 Å². The number of para-hydroxylation sites is 1. The number of rotatable bonds is 7. The predicted molar refractivity (Wildman–Crippen MR) is 104 cm³/mol. The van der Waals surface area contributed by atoms with Crippen LogP contribution in [0.5, 0.6) is 5.75 Å². The molecule has 2 aromatic heterocycles. The van der Waals surface area contributed by atoms with Crippen LogP contribution in [0, 0.1) is 6.92 Å². The number of imidazole rings is 1. The summed E-state index contributed by atoms with van der Waals surface area (Å²) in [5.41, 5.74) is 1.69. The number of hydrogen-bond acceptors (Lipinski definition) is 5. The molecule has 0 saturated heterocycles. The highest BCUT2D eigenvalue weighted by atomic mass is 32.1. The van der Waals surface area contributed by atoms with Crippen molar-refractivity contribution in [2.45, 2.75) is 25.9 Å². The smallest absolute Gasteiger partial charge is 0.307 e. The van der Waals surface area contributed by atoms with Gasteiger partial charge in [0.2, 0.25) is 5.91 Å². The molecule has 142 valence electrons. The summed E-state index contributed by atoms with van der Waals surface area (Å²) in [6.45, 7) is 2.21. The first kappa shape index (κ1) is 18.9. The highest BCUT2D eigenvalue weighted by molar-refractivity contribution is 7.07. The topological polar surface area (TPSA) is 78.2 Å². The van der Waals surface area contributed by atoms with Gasteiger partial charge in [-0.05, 0) is 13.0 Å².